The van der Waals surface area contributed by atoms with Crippen LogP contribution in [-0.2, 0) is 16.8 Å². The third-order valence-electron chi connectivity index (χ3n) is 4.77. The van der Waals surface area contributed by atoms with E-state index in [1.807, 2.05) is 32.0 Å². The molecule has 2 aromatic carbocycles. The first kappa shape index (κ1) is 22.9. The van der Waals surface area contributed by atoms with Crippen molar-refractivity contribution in [1.82, 2.24) is 19.7 Å². The third-order valence-corrected chi connectivity index (χ3v) is 6.11. The van der Waals surface area contributed by atoms with Crippen molar-refractivity contribution in [2.45, 2.75) is 25.5 Å². The molecule has 34 heavy (non-hydrogen) atoms. The van der Waals surface area contributed by atoms with E-state index in [-0.39, 0.29) is 23.3 Å². The zero-order chi connectivity index (χ0) is 24.1. The van der Waals surface area contributed by atoms with Crippen LogP contribution in [0, 0.1) is 13.8 Å². The Morgan fingerprint density at radius 1 is 1.03 bits per heavy atom. The zero-order valence-corrected chi connectivity index (χ0v) is 19.3. The molecule has 11 heteroatoms. The molecule has 2 N–H and O–H groups in total. The summed E-state index contributed by atoms with van der Waals surface area (Å²) in [5.74, 6) is 0.282. The molecule has 0 radical (unpaired) electrons. The predicted octanol–water partition coefficient (Wildman–Crippen LogP) is 3.38. The molecule has 4 aromatic rings. The highest BCUT2D eigenvalue weighted by atomic mass is 32.2. The molecule has 1 amide bonds. The molecule has 0 aliphatic rings. The van der Waals surface area contributed by atoms with Crippen molar-refractivity contribution >= 4 is 27.6 Å². The summed E-state index contributed by atoms with van der Waals surface area (Å²) >= 11 is 0. The van der Waals surface area contributed by atoms with Gasteiger partial charge in [-0.2, -0.15) is 5.10 Å². The molecular formula is C23H22N6O4S. The van der Waals surface area contributed by atoms with E-state index in [9.17, 15) is 13.2 Å². The van der Waals surface area contributed by atoms with Crippen molar-refractivity contribution < 1.29 is 17.9 Å². The van der Waals surface area contributed by atoms with E-state index in [1.54, 1.807) is 18.3 Å². The lowest BCUT2D eigenvalue weighted by atomic mass is 10.1. The first-order chi connectivity index (χ1) is 16.3. The van der Waals surface area contributed by atoms with Crippen molar-refractivity contribution in [3.63, 3.8) is 0 Å². The Labute approximate surface area is 196 Å². The Kier molecular flexibility index (Phi) is 6.55. The summed E-state index contributed by atoms with van der Waals surface area (Å²) in [6.45, 7) is 4.13. The van der Waals surface area contributed by atoms with E-state index in [0.29, 0.717) is 5.69 Å². The molecule has 0 saturated carbocycles. The summed E-state index contributed by atoms with van der Waals surface area (Å²) in [4.78, 5) is 20.2. The van der Waals surface area contributed by atoms with Gasteiger partial charge in [0.15, 0.2) is 12.4 Å². The number of nitrogens with zero attached hydrogens (tertiary/aromatic N) is 4. The highest BCUT2D eigenvalue weighted by molar-refractivity contribution is 7.92. The lowest BCUT2D eigenvalue weighted by molar-refractivity contribution is 0.102. The Hall–Kier alpha value is -4.25. The quantitative estimate of drug-likeness (QED) is 0.397. The van der Waals surface area contributed by atoms with Gasteiger partial charge in [0.25, 0.3) is 15.9 Å². The maximum Gasteiger partial charge on any atom is 0.276 e. The second kappa shape index (κ2) is 9.71. The van der Waals surface area contributed by atoms with Crippen LogP contribution in [0.15, 0.2) is 78.1 Å². The lowest BCUT2D eigenvalue weighted by Gasteiger charge is -2.09. The van der Waals surface area contributed by atoms with Gasteiger partial charge in [-0.25, -0.2) is 27.8 Å². The van der Waals surface area contributed by atoms with Crippen LogP contribution in [0.3, 0.4) is 0 Å². The fourth-order valence-corrected chi connectivity index (χ4v) is 4.05. The predicted molar refractivity (Wildman–Crippen MR) is 126 cm³/mol. The maximum atomic E-state index is 12.5. The van der Waals surface area contributed by atoms with Crippen LogP contribution in [0.1, 0.15) is 21.6 Å². The summed E-state index contributed by atoms with van der Waals surface area (Å²) < 4.78 is 34.5. The Balaban J connectivity index is 1.36. The number of aromatic nitrogens is 4. The molecular weight excluding hydrogens is 456 g/mol. The zero-order valence-electron chi connectivity index (χ0n) is 18.5. The summed E-state index contributed by atoms with van der Waals surface area (Å²) in [6.07, 6.45) is 4.51. The van der Waals surface area contributed by atoms with Crippen LogP contribution in [0.2, 0.25) is 0 Å². The minimum atomic E-state index is -3.86. The van der Waals surface area contributed by atoms with Gasteiger partial charge < -0.3 is 10.1 Å². The number of sulfonamides is 1. The lowest BCUT2D eigenvalue weighted by Crippen LogP contribution is -2.16. The summed E-state index contributed by atoms with van der Waals surface area (Å²) in [7, 11) is -3.86. The van der Waals surface area contributed by atoms with Gasteiger partial charge in [-0.3, -0.25) is 4.79 Å². The van der Waals surface area contributed by atoms with E-state index in [4.69, 9.17) is 4.74 Å². The molecule has 0 aliphatic heterocycles. The van der Waals surface area contributed by atoms with Crippen molar-refractivity contribution in [2.24, 2.45) is 0 Å². The highest BCUT2D eigenvalue weighted by Crippen LogP contribution is 2.19. The number of nitrogens with one attached hydrogen (secondary N) is 2. The molecule has 10 nitrogen and oxygen atoms in total. The average molecular weight is 479 g/mol. The number of aryl methyl sites for hydroxylation is 2. The number of rotatable bonds is 8. The van der Waals surface area contributed by atoms with Gasteiger partial charge in [-0.15, -0.1) is 0 Å². The molecule has 4 rings (SSSR count). The number of hydrogen-bond donors (Lipinski definition) is 2. The molecule has 0 spiro atoms. The fourth-order valence-electron chi connectivity index (χ4n) is 3.10. The van der Waals surface area contributed by atoms with Gasteiger partial charge in [-0.05, 0) is 61.9 Å². The number of carbonyl (C=O) groups excluding carboxylic acids is 1. The number of anilines is 2. The standard InChI is InChI=1S/C23H22N6O4S/c1-16-4-9-21(17(2)14-16)33-15-29-13-10-20(27-29)22(30)26-18-5-7-19(8-6-18)34(31,32)28-23-24-11-3-12-25-23/h3-14H,15H2,1-2H3,(H,26,30)(H,24,25,28). The van der Waals surface area contributed by atoms with Gasteiger partial charge in [0.05, 0.1) is 4.90 Å². The average Bonchev–Trinajstić information content (AvgIpc) is 3.29. The molecule has 0 unspecified atom stereocenters. The van der Waals surface area contributed by atoms with Crippen LogP contribution in [0.4, 0.5) is 11.6 Å². The highest BCUT2D eigenvalue weighted by Gasteiger charge is 2.16. The van der Waals surface area contributed by atoms with Gasteiger partial charge in [0, 0.05) is 24.3 Å². The molecule has 0 atom stereocenters. The summed E-state index contributed by atoms with van der Waals surface area (Å²) in [6, 6.07) is 14.8. The van der Waals surface area contributed by atoms with E-state index < -0.39 is 15.9 Å². The van der Waals surface area contributed by atoms with E-state index in [2.05, 4.69) is 25.1 Å². The monoisotopic (exact) mass is 478 g/mol. The van der Waals surface area contributed by atoms with E-state index >= 15 is 0 Å². The van der Waals surface area contributed by atoms with Crippen molar-refractivity contribution in [3.8, 4) is 5.75 Å². The van der Waals surface area contributed by atoms with E-state index in [1.165, 1.54) is 41.3 Å². The fraction of sp³-hybridized carbons (Fsp3) is 0.130. The topological polar surface area (TPSA) is 128 Å². The summed E-state index contributed by atoms with van der Waals surface area (Å²) in [5.41, 5.74) is 2.78. The number of amides is 1. The van der Waals surface area contributed by atoms with Gasteiger partial charge in [0.2, 0.25) is 5.95 Å². The van der Waals surface area contributed by atoms with Crippen molar-refractivity contribution in [3.05, 3.63) is 90.0 Å². The second-order valence-electron chi connectivity index (χ2n) is 7.44. The van der Waals surface area contributed by atoms with Crippen molar-refractivity contribution in [2.75, 3.05) is 10.0 Å². The Morgan fingerprint density at radius 2 is 1.76 bits per heavy atom. The van der Waals surface area contributed by atoms with Crippen LogP contribution < -0.4 is 14.8 Å². The first-order valence-electron chi connectivity index (χ1n) is 10.2. The van der Waals surface area contributed by atoms with E-state index in [0.717, 1.165) is 16.9 Å². The smallest absolute Gasteiger partial charge is 0.276 e. The number of benzene rings is 2. The SMILES string of the molecule is Cc1ccc(OCn2ccc(C(=O)Nc3ccc(S(=O)(=O)Nc4ncccn4)cc3)n2)c(C)c1. The molecule has 0 saturated heterocycles. The molecule has 2 aromatic heterocycles. The van der Waals surface area contributed by atoms with Crippen LogP contribution in [0.25, 0.3) is 0 Å². The van der Waals surface area contributed by atoms with Crippen LogP contribution in [-0.4, -0.2) is 34.1 Å². The Bertz CT molecular complexity index is 1400. The summed E-state index contributed by atoms with van der Waals surface area (Å²) in [5, 5.41) is 6.93. The second-order valence-corrected chi connectivity index (χ2v) is 9.12. The third kappa shape index (κ3) is 5.56. The minimum absolute atomic E-state index is 0.00535. The maximum absolute atomic E-state index is 12.5. The number of ether oxygens (including phenoxy) is 1. The van der Waals surface area contributed by atoms with Crippen molar-refractivity contribution in [1.29, 1.82) is 0 Å². The van der Waals surface area contributed by atoms with Gasteiger partial charge in [-0.1, -0.05) is 17.7 Å². The van der Waals surface area contributed by atoms with Gasteiger partial charge >= 0.3 is 0 Å². The molecule has 0 aliphatic carbocycles. The molecule has 2 heterocycles. The molecule has 0 bridgehead atoms. The number of hydrogen-bond acceptors (Lipinski definition) is 7. The first-order valence-corrected chi connectivity index (χ1v) is 11.7. The minimum Gasteiger partial charge on any atom is -0.471 e. The van der Waals surface area contributed by atoms with Gasteiger partial charge in [0.1, 0.15) is 5.75 Å². The largest absolute Gasteiger partial charge is 0.471 e. The Morgan fingerprint density at radius 3 is 2.47 bits per heavy atom. The number of carbonyl (C=O) groups is 1. The normalized spacial score (nSPS) is 11.1. The van der Waals surface area contributed by atoms with Crippen LogP contribution >= 0.6 is 0 Å². The molecule has 174 valence electrons. The molecule has 0 fully saturated rings. The van der Waals surface area contributed by atoms with Crippen LogP contribution in [0.5, 0.6) is 5.75 Å².